The summed E-state index contributed by atoms with van der Waals surface area (Å²) in [5.41, 5.74) is 2.55. The number of carboxylic acid groups (broad SMARTS) is 1. The van der Waals surface area contributed by atoms with Crippen molar-refractivity contribution in [1.82, 2.24) is 0 Å². The number of furan rings is 1. The topological polar surface area (TPSA) is 79.5 Å². The zero-order valence-electron chi connectivity index (χ0n) is 13.2. The van der Waals surface area contributed by atoms with Gasteiger partial charge in [0.15, 0.2) is 0 Å². The Morgan fingerprint density at radius 1 is 1.08 bits per heavy atom. The van der Waals surface area contributed by atoms with Crippen LogP contribution in [0.4, 0.5) is 5.69 Å². The summed E-state index contributed by atoms with van der Waals surface area (Å²) < 4.78 is 6.14. The van der Waals surface area contributed by atoms with E-state index in [-0.39, 0.29) is 11.7 Å². The summed E-state index contributed by atoms with van der Waals surface area (Å²) in [6.45, 7) is 1.86. The average molecular weight is 400 g/mol. The van der Waals surface area contributed by atoms with Gasteiger partial charge in [0.05, 0.1) is 5.69 Å². The number of carbonyl (C=O) groups is 2. The number of halogens is 1. The third kappa shape index (κ3) is 3.64. The SMILES string of the molecule is Cc1ccccc1C(=O)Nc1cc(Br)ccc1-c1ccc(C(=O)O)o1. The van der Waals surface area contributed by atoms with Crippen LogP contribution in [-0.4, -0.2) is 17.0 Å². The van der Waals surface area contributed by atoms with E-state index in [1.165, 1.54) is 6.07 Å². The maximum atomic E-state index is 12.6. The van der Waals surface area contributed by atoms with Gasteiger partial charge >= 0.3 is 5.97 Å². The molecule has 0 saturated heterocycles. The van der Waals surface area contributed by atoms with Crippen molar-refractivity contribution in [2.24, 2.45) is 0 Å². The first-order valence-corrected chi connectivity index (χ1v) is 8.25. The molecule has 25 heavy (non-hydrogen) atoms. The summed E-state index contributed by atoms with van der Waals surface area (Å²) in [5, 5.41) is 11.9. The molecule has 0 aliphatic rings. The Kier molecular flexibility index (Phi) is 4.72. The van der Waals surface area contributed by atoms with Crippen molar-refractivity contribution < 1.29 is 19.1 Å². The molecule has 0 aliphatic carbocycles. The van der Waals surface area contributed by atoms with Crippen molar-refractivity contribution >= 4 is 33.5 Å². The van der Waals surface area contributed by atoms with Crippen LogP contribution in [-0.2, 0) is 0 Å². The molecule has 3 rings (SSSR count). The minimum Gasteiger partial charge on any atom is -0.475 e. The smallest absolute Gasteiger partial charge is 0.371 e. The molecule has 2 aromatic carbocycles. The van der Waals surface area contributed by atoms with Gasteiger partial charge in [-0.3, -0.25) is 4.79 Å². The van der Waals surface area contributed by atoms with E-state index in [2.05, 4.69) is 21.2 Å². The molecule has 0 radical (unpaired) electrons. The fourth-order valence-electron chi connectivity index (χ4n) is 2.45. The molecule has 0 spiro atoms. The van der Waals surface area contributed by atoms with Crippen LogP contribution < -0.4 is 5.32 Å². The van der Waals surface area contributed by atoms with Gasteiger partial charge < -0.3 is 14.8 Å². The van der Waals surface area contributed by atoms with Gasteiger partial charge in [-0.15, -0.1) is 0 Å². The predicted octanol–water partition coefficient (Wildman–Crippen LogP) is 4.97. The quantitative estimate of drug-likeness (QED) is 0.648. The average Bonchev–Trinajstić information content (AvgIpc) is 3.05. The molecule has 2 N–H and O–H groups in total. The number of carboxylic acids is 1. The number of hydrogen-bond donors (Lipinski definition) is 2. The monoisotopic (exact) mass is 399 g/mol. The third-order valence-electron chi connectivity index (χ3n) is 3.70. The lowest BCUT2D eigenvalue weighted by atomic mass is 10.1. The lowest BCUT2D eigenvalue weighted by Crippen LogP contribution is -2.14. The lowest BCUT2D eigenvalue weighted by Gasteiger charge is -2.11. The Hall–Kier alpha value is -2.86. The van der Waals surface area contributed by atoms with Gasteiger partial charge in [-0.1, -0.05) is 34.1 Å². The Bertz CT molecular complexity index is 962. The molecule has 1 heterocycles. The van der Waals surface area contributed by atoms with E-state index in [4.69, 9.17) is 9.52 Å². The van der Waals surface area contributed by atoms with Gasteiger partial charge in [-0.25, -0.2) is 4.79 Å². The van der Waals surface area contributed by atoms with Gasteiger partial charge in [0, 0.05) is 15.6 Å². The zero-order valence-corrected chi connectivity index (χ0v) is 14.8. The number of nitrogens with one attached hydrogen (secondary N) is 1. The molecule has 0 aliphatic heterocycles. The highest BCUT2D eigenvalue weighted by Gasteiger charge is 2.16. The van der Waals surface area contributed by atoms with Crippen molar-refractivity contribution in [3.63, 3.8) is 0 Å². The second-order valence-electron chi connectivity index (χ2n) is 5.43. The molecule has 0 fully saturated rings. The van der Waals surface area contributed by atoms with Crippen LogP contribution in [0.2, 0.25) is 0 Å². The summed E-state index contributed by atoms with van der Waals surface area (Å²) in [5.74, 6) is -1.18. The minimum atomic E-state index is -1.14. The highest BCUT2D eigenvalue weighted by Crippen LogP contribution is 2.32. The number of rotatable bonds is 4. The maximum absolute atomic E-state index is 12.6. The van der Waals surface area contributed by atoms with E-state index in [0.29, 0.717) is 22.6 Å². The van der Waals surface area contributed by atoms with Crippen LogP contribution in [0.25, 0.3) is 11.3 Å². The van der Waals surface area contributed by atoms with E-state index in [1.807, 2.05) is 19.1 Å². The number of amides is 1. The summed E-state index contributed by atoms with van der Waals surface area (Å²) in [7, 11) is 0. The Balaban J connectivity index is 1.98. The van der Waals surface area contributed by atoms with E-state index < -0.39 is 5.97 Å². The van der Waals surface area contributed by atoms with Crippen molar-refractivity contribution in [1.29, 1.82) is 0 Å². The first kappa shape index (κ1) is 17.0. The van der Waals surface area contributed by atoms with Crippen molar-refractivity contribution in [3.05, 3.63) is 76.0 Å². The van der Waals surface area contributed by atoms with Gasteiger partial charge in [-0.2, -0.15) is 0 Å². The van der Waals surface area contributed by atoms with Crippen LogP contribution in [0.3, 0.4) is 0 Å². The molecule has 126 valence electrons. The fourth-order valence-corrected chi connectivity index (χ4v) is 2.81. The summed E-state index contributed by atoms with van der Waals surface area (Å²) in [4.78, 5) is 23.6. The molecule has 1 amide bonds. The largest absolute Gasteiger partial charge is 0.475 e. The molecular formula is C19H14BrNO4. The minimum absolute atomic E-state index is 0.158. The van der Waals surface area contributed by atoms with Gasteiger partial charge in [0.25, 0.3) is 5.91 Å². The van der Waals surface area contributed by atoms with E-state index in [1.54, 1.807) is 36.4 Å². The Labute approximate surface area is 152 Å². The molecule has 6 heteroatoms. The van der Waals surface area contributed by atoms with Crippen molar-refractivity contribution in [3.8, 4) is 11.3 Å². The van der Waals surface area contributed by atoms with Gasteiger partial charge in [0.1, 0.15) is 5.76 Å². The number of anilines is 1. The first-order chi connectivity index (χ1) is 12.0. The summed E-state index contributed by atoms with van der Waals surface area (Å²) in [6.07, 6.45) is 0. The van der Waals surface area contributed by atoms with Crippen molar-refractivity contribution in [2.75, 3.05) is 5.32 Å². The van der Waals surface area contributed by atoms with E-state index in [0.717, 1.165) is 10.0 Å². The van der Waals surface area contributed by atoms with Crippen LogP contribution in [0.5, 0.6) is 0 Å². The number of aromatic carboxylic acids is 1. The highest BCUT2D eigenvalue weighted by atomic mass is 79.9. The Morgan fingerprint density at radius 2 is 1.84 bits per heavy atom. The van der Waals surface area contributed by atoms with Crippen LogP contribution >= 0.6 is 15.9 Å². The third-order valence-corrected chi connectivity index (χ3v) is 4.19. The zero-order chi connectivity index (χ0) is 18.0. The molecule has 0 saturated carbocycles. The van der Waals surface area contributed by atoms with E-state index >= 15 is 0 Å². The molecule has 0 atom stereocenters. The van der Waals surface area contributed by atoms with Crippen LogP contribution in [0.15, 0.2) is 63.5 Å². The number of carbonyl (C=O) groups excluding carboxylic acids is 1. The van der Waals surface area contributed by atoms with Crippen LogP contribution in [0.1, 0.15) is 26.5 Å². The molecule has 0 bridgehead atoms. The molecule has 1 aromatic heterocycles. The lowest BCUT2D eigenvalue weighted by molar-refractivity contribution is 0.0663. The summed E-state index contributed by atoms with van der Waals surface area (Å²) >= 11 is 3.38. The molecule has 5 nitrogen and oxygen atoms in total. The molecular weight excluding hydrogens is 386 g/mol. The first-order valence-electron chi connectivity index (χ1n) is 7.46. The Morgan fingerprint density at radius 3 is 2.52 bits per heavy atom. The van der Waals surface area contributed by atoms with E-state index in [9.17, 15) is 9.59 Å². The second-order valence-corrected chi connectivity index (χ2v) is 6.34. The number of aryl methyl sites for hydroxylation is 1. The second kappa shape index (κ2) is 6.94. The fraction of sp³-hybridized carbons (Fsp3) is 0.0526. The van der Waals surface area contributed by atoms with Gasteiger partial charge in [0.2, 0.25) is 5.76 Å². The molecule has 3 aromatic rings. The standard InChI is InChI=1S/C19H14BrNO4/c1-11-4-2-3-5-13(11)18(22)21-15-10-12(20)6-7-14(15)16-8-9-17(25-16)19(23)24/h2-10H,1H3,(H,21,22)(H,23,24). The molecule has 0 unspecified atom stereocenters. The predicted molar refractivity (Wildman–Crippen MR) is 97.9 cm³/mol. The van der Waals surface area contributed by atoms with Crippen molar-refractivity contribution in [2.45, 2.75) is 6.92 Å². The summed E-state index contributed by atoms with van der Waals surface area (Å²) in [6, 6.07) is 15.5. The van der Waals surface area contributed by atoms with Gasteiger partial charge in [-0.05, 0) is 48.9 Å². The maximum Gasteiger partial charge on any atom is 0.371 e. The highest BCUT2D eigenvalue weighted by molar-refractivity contribution is 9.10. The normalized spacial score (nSPS) is 10.5. The number of benzene rings is 2. The number of hydrogen-bond acceptors (Lipinski definition) is 3. The van der Waals surface area contributed by atoms with Crippen LogP contribution in [0, 0.1) is 6.92 Å².